The quantitative estimate of drug-likeness (QED) is 0.623. The summed E-state index contributed by atoms with van der Waals surface area (Å²) >= 11 is 1.81. The van der Waals surface area contributed by atoms with E-state index in [0.717, 1.165) is 25.9 Å². The Morgan fingerprint density at radius 2 is 2.15 bits per heavy atom. The van der Waals surface area contributed by atoms with Crippen LogP contribution >= 0.6 is 11.8 Å². The number of carbonyl (C=O) groups excluding carboxylic acids is 1. The van der Waals surface area contributed by atoms with Gasteiger partial charge in [-0.3, -0.25) is 4.79 Å². The number of rotatable bonds is 0. The van der Waals surface area contributed by atoms with Crippen molar-refractivity contribution in [1.82, 2.24) is 10.2 Å². The summed E-state index contributed by atoms with van der Waals surface area (Å²) in [5, 5.41) is 3.28. The number of thioether (sulfide) groups is 1. The van der Waals surface area contributed by atoms with Crippen LogP contribution in [0.4, 0.5) is 0 Å². The molecule has 13 heavy (non-hydrogen) atoms. The van der Waals surface area contributed by atoms with Crippen LogP contribution in [0.15, 0.2) is 0 Å². The fourth-order valence-corrected chi connectivity index (χ4v) is 3.39. The minimum atomic E-state index is 0.0724. The normalized spacial score (nSPS) is 33.7. The molecule has 0 bridgehead atoms. The zero-order valence-corrected chi connectivity index (χ0v) is 8.99. The van der Waals surface area contributed by atoms with Crippen LogP contribution in [0.1, 0.15) is 19.8 Å². The molecule has 0 radical (unpaired) electrons. The molecule has 0 aromatic heterocycles. The van der Waals surface area contributed by atoms with Crippen molar-refractivity contribution in [2.45, 2.75) is 29.9 Å². The molecule has 0 aromatic rings. The van der Waals surface area contributed by atoms with Crippen LogP contribution in [0.3, 0.4) is 0 Å². The SMILES string of the molecule is C[C@@H]1SC2(CCN(C)CC2)NC1=O. The molecule has 2 aliphatic heterocycles. The Kier molecular flexibility index (Phi) is 2.28. The molecule has 74 valence electrons. The summed E-state index contributed by atoms with van der Waals surface area (Å²) in [7, 11) is 2.14. The van der Waals surface area contributed by atoms with E-state index in [1.54, 1.807) is 0 Å². The standard InChI is InChI=1S/C9H16N2OS/c1-7-8(12)10-9(13-7)3-5-11(2)6-4-9/h7H,3-6H2,1-2H3,(H,10,12)/t7-/m0/s1. The third kappa shape index (κ3) is 1.70. The molecule has 2 saturated heterocycles. The van der Waals surface area contributed by atoms with E-state index in [2.05, 4.69) is 17.3 Å². The first kappa shape index (κ1) is 9.34. The number of amides is 1. The molecule has 2 aliphatic rings. The van der Waals surface area contributed by atoms with Crippen molar-refractivity contribution in [2.24, 2.45) is 0 Å². The summed E-state index contributed by atoms with van der Waals surface area (Å²) in [6, 6.07) is 0. The summed E-state index contributed by atoms with van der Waals surface area (Å²) in [5.74, 6) is 0.217. The highest BCUT2D eigenvalue weighted by atomic mass is 32.2. The molecule has 3 nitrogen and oxygen atoms in total. The summed E-state index contributed by atoms with van der Waals surface area (Å²) < 4.78 is 0. The van der Waals surface area contributed by atoms with Gasteiger partial charge in [0.15, 0.2) is 0 Å². The second kappa shape index (κ2) is 3.17. The average Bonchev–Trinajstić information content (AvgIpc) is 2.36. The van der Waals surface area contributed by atoms with E-state index >= 15 is 0 Å². The smallest absolute Gasteiger partial charge is 0.234 e. The molecule has 2 rings (SSSR count). The van der Waals surface area contributed by atoms with Crippen molar-refractivity contribution < 1.29 is 4.79 Å². The maximum absolute atomic E-state index is 11.4. The van der Waals surface area contributed by atoms with Gasteiger partial charge < -0.3 is 10.2 Å². The van der Waals surface area contributed by atoms with E-state index in [1.807, 2.05) is 18.7 Å². The second-order valence-electron chi connectivity index (χ2n) is 4.05. The molecule has 1 N–H and O–H groups in total. The number of likely N-dealkylation sites (tertiary alicyclic amines) is 1. The van der Waals surface area contributed by atoms with Gasteiger partial charge in [-0.05, 0) is 26.8 Å². The number of carbonyl (C=O) groups is 1. The van der Waals surface area contributed by atoms with E-state index < -0.39 is 0 Å². The fourth-order valence-electron chi connectivity index (χ4n) is 1.97. The Balaban J connectivity index is 2.03. The van der Waals surface area contributed by atoms with Gasteiger partial charge in [0, 0.05) is 13.1 Å². The molecule has 2 heterocycles. The lowest BCUT2D eigenvalue weighted by Gasteiger charge is -2.36. The lowest BCUT2D eigenvalue weighted by molar-refractivity contribution is -0.120. The highest BCUT2D eigenvalue weighted by molar-refractivity contribution is 8.02. The third-order valence-electron chi connectivity index (χ3n) is 2.92. The molecule has 0 unspecified atom stereocenters. The summed E-state index contributed by atoms with van der Waals surface area (Å²) in [6.07, 6.45) is 2.18. The van der Waals surface area contributed by atoms with Gasteiger partial charge in [0.1, 0.15) is 0 Å². The van der Waals surface area contributed by atoms with Crippen molar-refractivity contribution >= 4 is 17.7 Å². The van der Waals surface area contributed by atoms with Gasteiger partial charge >= 0.3 is 0 Å². The van der Waals surface area contributed by atoms with Crippen molar-refractivity contribution in [3.05, 3.63) is 0 Å². The van der Waals surface area contributed by atoms with E-state index in [0.29, 0.717) is 0 Å². The minimum Gasteiger partial charge on any atom is -0.341 e. The van der Waals surface area contributed by atoms with Crippen LogP contribution < -0.4 is 5.32 Å². The second-order valence-corrected chi connectivity index (χ2v) is 5.77. The number of hydrogen-bond acceptors (Lipinski definition) is 3. The van der Waals surface area contributed by atoms with Crippen LogP contribution in [-0.2, 0) is 4.79 Å². The van der Waals surface area contributed by atoms with Gasteiger partial charge in [0.2, 0.25) is 5.91 Å². The Bertz CT molecular complexity index is 224. The van der Waals surface area contributed by atoms with Crippen LogP contribution in [0.25, 0.3) is 0 Å². The number of piperidine rings is 1. The Morgan fingerprint density at radius 1 is 1.54 bits per heavy atom. The fraction of sp³-hybridized carbons (Fsp3) is 0.889. The highest BCUT2D eigenvalue weighted by Crippen LogP contribution is 2.40. The van der Waals surface area contributed by atoms with Crippen molar-refractivity contribution in [2.75, 3.05) is 20.1 Å². The zero-order chi connectivity index (χ0) is 9.47. The highest BCUT2D eigenvalue weighted by Gasteiger charge is 2.44. The molecule has 2 fully saturated rings. The third-order valence-corrected chi connectivity index (χ3v) is 4.45. The number of nitrogens with zero attached hydrogens (tertiary/aromatic N) is 1. The Morgan fingerprint density at radius 3 is 2.62 bits per heavy atom. The lowest BCUT2D eigenvalue weighted by atomic mass is 10.0. The number of nitrogens with one attached hydrogen (secondary N) is 1. The molecule has 1 atom stereocenters. The van der Waals surface area contributed by atoms with Gasteiger partial charge in [0.25, 0.3) is 0 Å². The summed E-state index contributed by atoms with van der Waals surface area (Å²) in [6.45, 7) is 4.19. The molecular formula is C9H16N2OS. The Hall–Kier alpha value is -0.220. The largest absolute Gasteiger partial charge is 0.341 e. The average molecular weight is 200 g/mol. The van der Waals surface area contributed by atoms with Crippen LogP contribution in [0, 0.1) is 0 Å². The first-order valence-corrected chi connectivity index (χ1v) is 5.68. The van der Waals surface area contributed by atoms with E-state index in [9.17, 15) is 4.79 Å². The predicted octanol–water partition coefficient (Wildman–Crippen LogP) is 0.660. The molecule has 1 spiro atoms. The van der Waals surface area contributed by atoms with E-state index in [4.69, 9.17) is 0 Å². The maximum atomic E-state index is 11.4. The van der Waals surface area contributed by atoms with E-state index in [-0.39, 0.29) is 16.0 Å². The molecule has 0 aromatic carbocycles. The zero-order valence-electron chi connectivity index (χ0n) is 8.17. The topological polar surface area (TPSA) is 32.3 Å². The molecule has 0 aliphatic carbocycles. The monoisotopic (exact) mass is 200 g/mol. The number of hydrogen-bond donors (Lipinski definition) is 1. The lowest BCUT2D eigenvalue weighted by Crippen LogP contribution is -2.48. The van der Waals surface area contributed by atoms with Gasteiger partial charge in [0.05, 0.1) is 10.1 Å². The van der Waals surface area contributed by atoms with Gasteiger partial charge in [-0.25, -0.2) is 0 Å². The predicted molar refractivity (Wildman–Crippen MR) is 54.7 cm³/mol. The summed E-state index contributed by atoms with van der Waals surface area (Å²) in [4.78, 5) is 13.8. The van der Waals surface area contributed by atoms with Gasteiger partial charge in [-0.1, -0.05) is 0 Å². The first-order chi connectivity index (χ1) is 6.11. The van der Waals surface area contributed by atoms with Crippen LogP contribution in [-0.4, -0.2) is 41.1 Å². The van der Waals surface area contributed by atoms with Crippen LogP contribution in [0.5, 0.6) is 0 Å². The molecular weight excluding hydrogens is 184 g/mol. The molecule has 4 heteroatoms. The minimum absolute atomic E-state index is 0.0724. The summed E-state index contributed by atoms with van der Waals surface area (Å²) in [5.41, 5.74) is 0. The molecule has 0 saturated carbocycles. The Labute approximate surface area is 83.2 Å². The van der Waals surface area contributed by atoms with Crippen LogP contribution in [0.2, 0.25) is 0 Å². The van der Waals surface area contributed by atoms with Crippen molar-refractivity contribution in [3.63, 3.8) is 0 Å². The van der Waals surface area contributed by atoms with E-state index in [1.165, 1.54) is 0 Å². The first-order valence-electron chi connectivity index (χ1n) is 4.80. The molecule has 1 amide bonds. The van der Waals surface area contributed by atoms with Gasteiger partial charge in [-0.15, -0.1) is 11.8 Å². The maximum Gasteiger partial charge on any atom is 0.234 e. The van der Waals surface area contributed by atoms with Crippen molar-refractivity contribution in [3.8, 4) is 0 Å². The van der Waals surface area contributed by atoms with Crippen molar-refractivity contribution in [1.29, 1.82) is 0 Å². The van der Waals surface area contributed by atoms with Gasteiger partial charge in [-0.2, -0.15) is 0 Å².